The standard InChI is InChI=1S/C18H16ClNO3/c19-10-3-11-23-13-8-6-12(7-9-13)16-18(22)17(21)14-4-1-2-5-15(14)20-16/h1-2,4-9,22H,3,10-11H2,(H,20,21). The molecule has 0 atom stereocenters. The van der Waals surface area contributed by atoms with E-state index in [1.165, 1.54) is 0 Å². The molecule has 0 saturated carbocycles. The van der Waals surface area contributed by atoms with Crippen LogP contribution in [-0.4, -0.2) is 22.6 Å². The molecular formula is C18H16ClNO3. The summed E-state index contributed by atoms with van der Waals surface area (Å²) in [5.74, 6) is 1.01. The van der Waals surface area contributed by atoms with Crippen LogP contribution in [0.4, 0.5) is 0 Å². The first-order valence-corrected chi connectivity index (χ1v) is 7.87. The van der Waals surface area contributed by atoms with Gasteiger partial charge in [-0.3, -0.25) is 4.79 Å². The second kappa shape index (κ2) is 6.75. The lowest BCUT2D eigenvalue weighted by atomic mass is 10.1. The number of halogens is 1. The molecule has 2 N–H and O–H groups in total. The Morgan fingerprint density at radius 2 is 1.83 bits per heavy atom. The molecule has 1 aromatic heterocycles. The minimum absolute atomic E-state index is 0.278. The van der Waals surface area contributed by atoms with Crippen molar-refractivity contribution in [2.75, 3.05) is 12.5 Å². The summed E-state index contributed by atoms with van der Waals surface area (Å²) in [5, 5.41) is 10.7. The Bertz CT molecular complexity index is 872. The molecule has 1 heterocycles. The zero-order valence-corrected chi connectivity index (χ0v) is 13.1. The zero-order valence-electron chi connectivity index (χ0n) is 12.4. The Labute approximate surface area is 138 Å². The first-order chi connectivity index (χ1) is 11.2. The van der Waals surface area contributed by atoms with Crippen molar-refractivity contribution in [3.05, 3.63) is 58.8 Å². The predicted octanol–water partition coefficient (Wildman–Crippen LogP) is 3.91. The highest BCUT2D eigenvalue weighted by molar-refractivity contribution is 6.17. The average molecular weight is 330 g/mol. The second-order valence-electron chi connectivity index (χ2n) is 5.14. The number of rotatable bonds is 5. The molecule has 0 aliphatic carbocycles. The largest absolute Gasteiger partial charge is 0.503 e. The van der Waals surface area contributed by atoms with Crippen molar-refractivity contribution in [1.29, 1.82) is 0 Å². The van der Waals surface area contributed by atoms with E-state index in [1.807, 2.05) is 12.1 Å². The topological polar surface area (TPSA) is 62.3 Å². The van der Waals surface area contributed by atoms with Gasteiger partial charge in [-0.1, -0.05) is 12.1 Å². The minimum Gasteiger partial charge on any atom is -0.503 e. The van der Waals surface area contributed by atoms with Gasteiger partial charge in [-0.15, -0.1) is 11.6 Å². The number of aromatic nitrogens is 1. The Balaban J connectivity index is 1.97. The van der Waals surface area contributed by atoms with Crippen LogP contribution < -0.4 is 10.2 Å². The van der Waals surface area contributed by atoms with E-state index in [9.17, 15) is 9.90 Å². The van der Waals surface area contributed by atoms with Crippen LogP contribution in [-0.2, 0) is 0 Å². The van der Waals surface area contributed by atoms with Gasteiger partial charge in [-0.05, 0) is 42.8 Å². The predicted molar refractivity (Wildman–Crippen MR) is 92.5 cm³/mol. The molecular weight excluding hydrogens is 314 g/mol. The molecule has 0 aliphatic heterocycles. The van der Waals surface area contributed by atoms with E-state index in [2.05, 4.69) is 4.98 Å². The molecule has 23 heavy (non-hydrogen) atoms. The van der Waals surface area contributed by atoms with Crippen LogP contribution in [0.3, 0.4) is 0 Å². The smallest absolute Gasteiger partial charge is 0.231 e. The van der Waals surface area contributed by atoms with Gasteiger partial charge in [0.25, 0.3) is 0 Å². The highest BCUT2D eigenvalue weighted by Crippen LogP contribution is 2.28. The van der Waals surface area contributed by atoms with Crippen molar-refractivity contribution < 1.29 is 9.84 Å². The van der Waals surface area contributed by atoms with Gasteiger partial charge in [0.1, 0.15) is 5.75 Å². The number of aromatic amines is 1. The maximum Gasteiger partial charge on any atom is 0.231 e. The van der Waals surface area contributed by atoms with E-state index < -0.39 is 0 Å². The molecule has 3 aromatic rings. The summed E-state index contributed by atoms with van der Waals surface area (Å²) in [5.41, 5.74) is 1.43. The molecule has 0 radical (unpaired) electrons. The molecule has 0 amide bonds. The van der Waals surface area contributed by atoms with Crippen LogP contribution in [0, 0.1) is 0 Å². The fourth-order valence-electron chi connectivity index (χ4n) is 2.40. The third kappa shape index (κ3) is 3.17. The number of aromatic hydroxyl groups is 1. The van der Waals surface area contributed by atoms with Gasteiger partial charge < -0.3 is 14.8 Å². The summed E-state index contributed by atoms with van der Waals surface area (Å²) < 4.78 is 5.54. The van der Waals surface area contributed by atoms with E-state index in [0.29, 0.717) is 29.1 Å². The lowest BCUT2D eigenvalue weighted by Gasteiger charge is -2.09. The number of benzene rings is 2. The molecule has 0 saturated heterocycles. The molecule has 0 spiro atoms. The van der Waals surface area contributed by atoms with Gasteiger partial charge in [0, 0.05) is 22.3 Å². The highest BCUT2D eigenvalue weighted by Gasteiger charge is 2.12. The second-order valence-corrected chi connectivity index (χ2v) is 5.52. The van der Waals surface area contributed by atoms with E-state index >= 15 is 0 Å². The van der Waals surface area contributed by atoms with Crippen LogP contribution in [0.5, 0.6) is 11.5 Å². The molecule has 0 unspecified atom stereocenters. The number of alkyl halides is 1. The van der Waals surface area contributed by atoms with Crippen LogP contribution in [0.1, 0.15) is 6.42 Å². The van der Waals surface area contributed by atoms with Crippen molar-refractivity contribution in [3.8, 4) is 22.8 Å². The monoisotopic (exact) mass is 329 g/mol. The Hall–Kier alpha value is -2.46. The van der Waals surface area contributed by atoms with Gasteiger partial charge in [0.15, 0.2) is 5.75 Å². The number of pyridine rings is 1. The molecule has 3 rings (SSSR count). The maximum absolute atomic E-state index is 12.3. The molecule has 0 fully saturated rings. The van der Waals surface area contributed by atoms with E-state index in [4.69, 9.17) is 16.3 Å². The number of para-hydroxylation sites is 1. The number of hydrogen-bond donors (Lipinski definition) is 2. The third-order valence-corrected chi connectivity index (χ3v) is 3.84. The minimum atomic E-state index is -0.378. The van der Waals surface area contributed by atoms with Gasteiger partial charge >= 0.3 is 0 Å². The van der Waals surface area contributed by atoms with E-state index in [1.54, 1.807) is 36.4 Å². The van der Waals surface area contributed by atoms with E-state index in [-0.39, 0.29) is 11.2 Å². The SMILES string of the molecule is O=c1c(O)c(-c2ccc(OCCCCl)cc2)[nH]c2ccccc12. The summed E-state index contributed by atoms with van der Waals surface area (Å²) >= 11 is 5.61. The normalized spacial score (nSPS) is 10.8. The van der Waals surface area contributed by atoms with Gasteiger partial charge in [0.2, 0.25) is 5.43 Å². The Morgan fingerprint density at radius 3 is 2.57 bits per heavy atom. The number of ether oxygens (including phenoxy) is 1. The fourth-order valence-corrected chi connectivity index (χ4v) is 2.51. The maximum atomic E-state index is 12.3. The third-order valence-electron chi connectivity index (χ3n) is 3.57. The van der Waals surface area contributed by atoms with Crippen LogP contribution >= 0.6 is 11.6 Å². The summed E-state index contributed by atoms with van der Waals surface area (Å²) in [7, 11) is 0. The van der Waals surface area contributed by atoms with Gasteiger partial charge in [-0.2, -0.15) is 0 Å². The van der Waals surface area contributed by atoms with Gasteiger partial charge in [-0.25, -0.2) is 0 Å². The number of fused-ring (bicyclic) bond motifs is 1. The Morgan fingerprint density at radius 1 is 1.09 bits per heavy atom. The number of hydrogen-bond acceptors (Lipinski definition) is 3. The lowest BCUT2D eigenvalue weighted by molar-refractivity contribution is 0.318. The molecule has 4 nitrogen and oxygen atoms in total. The first kappa shape index (κ1) is 15.4. The Kier molecular flexibility index (Phi) is 4.53. The van der Waals surface area contributed by atoms with Crippen molar-refractivity contribution in [3.63, 3.8) is 0 Å². The zero-order chi connectivity index (χ0) is 16.2. The quantitative estimate of drug-likeness (QED) is 0.551. The number of nitrogens with one attached hydrogen (secondary N) is 1. The summed E-state index contributed by atoms with van der Waals surface area (Å²) in [6.07, 6.45) is 0.780. The van der Waals surface area contributed by atoms with E-state index in [0.717, 1.165) is 17.7 Å². The van der Waals surface area contributed by atoms with Crippen LogP contribution in [0.2, 0.25) is 0 Å². The summed E-state index contributed by atoms with van der Waals surface area (Å²) in [4.78, 5) is 15.4. The first-order valence-electron chi connectivity index (χ1n) is 7.34. The highest BCUT2D eigenvalue weighted by atomic mass is 35.5. The average Bonchev–Trinajstić information content (AvgIpc) is 2.59. The fraction of sp³-hybridized carbons (Fsp3) is 0.167. The molecule has 0 aliphatic rings. The van der Waals surface area contributed by atoms with Crippen LogP contribution in [0.15, 0.2) is 53.3 Å². The lowest BCUT2D eigenvalue weighted by Crippen LogP contribution is -2.04. The van der Waals surface area contributed by atoms with Crippen molar-refractivity contribution in [1.82, 2.24) is 4.98 Å². The van der Waals surface area contributed by atoms with Gasteiger partial charge in [0.05, 0.1) is 12.3 Å². The van der Waals surface area contributed by atoms with Crippen LogP contribution in [0.25, 0.3) is 22.2 Å². The molecule has 5 heteroatoms. The summed E-state index contributed by atoms with van der Waals surface area (Å²) in [6, 6.07) is 14.3. The van der Waals surface area contributed by atoms with Crippen molar-refractivity contribution in [2.45, 2.75) is 6.42 Å². The van der Waals surface area contributed by atoms with Crippen molar-refractivity contribution in [2.24, 2.45) is 0 Å². The molecule has 118 valence electrons. The molecule has 0 bridgehead atoms. The molecule has 2 aromatic carbocycles. The summed E-state index contributed by atoms with van der Waals surface area (Å²) in [6.45, 7) is 0.556. The number of H-pyrrole nitrogens is 1. The van der Waals surface area contributed by atoms with Crippen molar-refractivity contribution >= 4 is 22.5 Å².